The lowest BCUT2D eigenvalue weighted by Gasteiger charge is -2.52. The SMILES string of the molecule is CCN1C(=O)CN(C(=O)NC2CCCCC2)CC12CCOCC2. The molecule has 1 saturated carbocycles. The molecule has 1 spiro atoms. The zero-order valence-corrected chi connectivity index (χ0v) is 14.2. The molecule has 0 aromatic heterocycles. The van der Waals surface area contributed by atoms with Gasteiger partial charge in [-0.15, -0.1) is 0 Å². The molecular weight excluding hydrogens is 294 g/mol. The van der Waals surface area contributed by atoms with E-state index in [4.69, 9.17) is 4.74 Å². The highest BCUT2D eigenvalue weighted by atomic mass is 16.5. The number of nitrogens with one attached hydrogen (secondary N) is 1. The van der Waals surface area contributed by atoms with Gasteiger partial charge in [0.2, 0.25) is 5.91 Å². The predicted octanol–water partition coefficient (Wildman–Crippen LogP) is 1.74. The van der Waals surface area contributed by atoms with Crippen LogP contribution >= 0.6 is 0 Å². The van der Waals surface area contributed by atoms with Gasteiger partial charge in [0.15, 0.2) is 0 Å². The van der Waals surface area contributed by atoms with E-state index in [0.29, 0.717) is 26.3 Å². The number of rotatable bonds is 2. The number of amides is 3. The summed E-state index contributed by atoms with van der Waals surface area (Å²) >= 11 is 0. The summed E-state index contributed by atoms with van der Waals surface area (Å²) in [4.78, 5) is 28.9. The van der Waals surface area contributed by atoms with E-state index in [1.807, 2.05) is 11.8 Å². The lowest BCUT2D eigenvalue weighted by molar-refractivity contribution is -0.150. The highest BCUT2D eigenvalue weighted by Crippen LogP contribution is 2.32. The topological polar surface area (TPSA) is 61.9 Å². The number of urea groups is 1. The van der Waals surface area contributed by atoms with Crippen LogP contribution in [0.1, 0.15) is 51.9 Å². The van der Waals surface area contributed by atoms with Gasteiger partial charge in [0.1, 0.15) is 6.54 Å². The van der Waals surface area contributed by atoms with E-state index in [0.717, 1.165) is 25.7 Å². The fourth-order valence-corrected chi connectivity index (χ4v) is 4.36. The normalized spacial score (nSPS) is 25.7. The van der Waals surface area contributed by atoms with Crippen molar-refractivity contribution in [3.63, 3.8) is 0 Å². The van der Waals surface area contributed by atoms with Crippen LogP contribution in [-0.4, -0.2) is 66.2 Å². The van der Waals surface area contributed by atoms with Crippen molar-refractivity contribution in [2.24, 2.45) is 0 Å². The Hall–Kier alpha value is -1.30. The Bertz CT molecular complexity index is 442. The molecule has 0 aromatic carbocycles. The Balaban J connectivity index is 1.68. The van der Waals surface area contributed by atoms with Crippen LogP contribution in [0.2, 0.25) is 0 Å². The van der Waals surface area contributed by atoms with Gasteiger partial charge < -0.3 is 19.9 Å². The summed E-state index contributed by atoms with van der Waals surface area (Å²) in [5.41, 5.74) is -0.230. The van der Waals surface area contributed by atoms with Crippen molar-refractivity contribution in [3.05, 3.63) is 0 Å². The van der Waals surface area contributed by atoms with Gasteiger partial charge >= 0.3 is 6.03 Å². The first-order chi connectivity index (χ1) is 11.1. The van der Waals surface area contributed by atoms with Crippen molar-refractivity contribution in [1.82, 2.24) is 15.1 Å². The van der Waals surface area contributed by atoms with Gasteiger partial charge in [0.05, 0.1) is 5.54 Å². The molecule has 3 fully saturated rings. The van der Waals surface area contributed by atoms with Crippen LogP contribution in [-0.2, 0) is 9.53 Å². The van der Waals surface area contributed by atoms with Crippen LogP contribution in [0.3, 0.4) is 0 Å². The number of nitrogens with zero attached hydrogens (tertiary/aromatic N) is 2. The van der Waals surface area contributed by atoms with Crippen LogP contribution in [0.4, 0.5) is 4.79 Å². The molecule has 3 aliphatic rings. The molecule has 0 bridgehead atoms. The third-order valence-electron chi connectivity index (χ3n) is 5.64. The average Bonchev–Trinajstić information content (AvgIpc) is 2.56. The minimum Gasteiger partial charge on any atom is -0.381 e. The smallest absolute Gasteiger partial charge is 0.318 e. The first kappa shape index (κ1) is 16.6. The molecule has 2 heterocycles. The number of hydrogen-bond acceptors (Lipinski definition) is 3. The van der Waals surface area contributed by atoms with Gasteiger partial charge in [-0.2, -0.15) is 0 Å². The van der Waals surface area contributed by atoms with Gasteiger partial charge in [0, 0.05) is 32.3 Å². The van der Waals surface area contributed by atoms with Crippen LogP contribution in [0, 0.1) is 0 Å². The maximum Gasteiger partial charge on any atom is 0.318 e. The molecule has 23 heavy (non-hydrogen) atoms. The second-order valence-corrected chi connectivity index (χ2v) is 7.12. The Kier molecular flexibility index (Phi) is 5.09. The standard InChI is InChI=1S/C17H29N3O3/c1-2-20-15(21)12-19(13-17(20)8-10-23-11-9-17)16(22)18-14-6-4-3-5-7-14/h14H,2-13H2,1H3,(H,18,22). The van der Waals surface area contributed by atoms with E-state index < -0.39 is 0 Å². The van der Waals surface area contributed by atoms with Gasteiger partial charge in [-0.1, -0.05) is 19.3 Å². The van der Waals surface area contributed by atoms with Crippen molar-refractivity contribution >= 4 is 11.9 Å². The fourth-order valence-electron chi connectivity index (χ4n) is 4.36. The molecule has 2 saturated heterocycles. The molecule has 0 atom stereocenters. The van der Waals surface area contributed by atoms with Gasteiger partial charge in [0.25, 0.3) is 0 Å². The molecule has 2 aliphatic heterocycles. The summed E-state index contributed by atoms with van der Waals surface area (Å²) < 4.78 is 5.49. The van der Waals surface area contributed by atoms with Gasteiger partial charge in [-0.05, 0) is 32.6 Å². The molecule has 3 amide bonds. The third kappa shape index (κ3) is 3.47. The molecule has 3 rings (SSSR count). The number of ether oxygens (including phenoxy) is 1. The molecule has 130 valence electrons. The largest absolute Gasteiger partial charge is 0.381 e. The van der Waals surface area contributed by atoms with Crippen molar-refractivity contribution in [3.8, 4) is 0 Å². The first-order valence-electron chi connectivity index (χ1n) is 9.08. The Labute approximate surface area is 138 Å². The third-order valence-corrected chi connectivity index (χ3v) is 5.64. The second kappa shape index (κ2) is 7.07. The zero-order chi connectivity index (χ0) is 16.3. The van der Waals surface area contributed by atoms with Crippen LogP contribution in [0.5, 0.6) is 0 Å². The molecule has 0 aromatic rings. The fraction of sp³-hybridized carbons (Fsp3) is 0.882. The predicted molar refractivity (Wildman–Crippen MR) is 87.1 cm³/mol. The quantitative estimate of drug-likeness (QED) is 0.842. The van der Waals surface area contributed by atoms with Crippen LogP contribution < -0.4 is 5.32 Å². The average molecular weight is 323 g/mol. The Morgan fingerprint density at radius 3 is 2.61 bits per heavy atom. The Morgan fingerprint density at radius 2 is 1.96 bits per heavy atom. The van der Waals surface area contributed by atoms with E-state index in [2.05, 4.69) is 5.32 Å². The van der Waals surface area contributed by atoms with Crippen molar-refractivity contribution in [1.29, 1.82) is 0 Å². The number of piperazine rings is 1. The summed E-state index contributed by atoms with van der Waals surface area (Å²) in [7, 11) is 0. The lowest BCUT2D eigenvalue weighted by Crippen LogP contribution is -2.68. The molecule has 1 N–H and O–H groups in total. The highest BCUT2D eigenvalue weighted by Gasteiger charge is 2.46. The van der Waals surface area contributed by atoms with Crippen molar-refractivity contribution in [2.45, 2.75) is 63.5 Å². The molecule has 6 nitrogen and oxygen atoms in total. The maximum atomic E-state index is 12.6. The van der Waals surface area contributed by atoms with E-state index >= 15 is 0 Å². The van der Waals surface area contributed by atoms with Gasteiger partial charge in [-0.25, -0.2) is 4.79 Å². The maximum absolute atomic E-state index is 12.6. The minimum atomic E-state index is -0.230. The van der Waals surface area contributed by atoms with E-state index in [1.165, 1.54) is 19.3 Å². The monoisotopic (exact) mass is 323 g/mol. The molecule has 6 heteroatoms. The summed E-state index contributed by atoms with van der Waals surface area (Å²) in [6.45, 7) is 4.90. The van der Waals surface area contributed by atoms with Crippen molar-refractivity contribution in [2.75, 3.05) is 32.8 Å². The van der Waals surface area contributed by atoms with E-state index in [-0.39, 0.29) is 30.1 Å². The van der Waals surface area contributed by atoms with E-state index in [9.17, 15) is 9.59 Å². The zero-order valence-electron chi connectivity index (χ0n) is 14.2. The molecule has 1 aliphatic carbocycles. The minimum absolute atomic E-state index is 0.0631. The van der Waals surface area contributed by atoms with Gasteiger partial charge in [-0.3, -0.25) is 4.79 Å². The number of likely N-dealkylation sites (N-methyl/N-ethyl adjacent to an activating group) is 1. The number of carbonyl (C=O) groups excluding carboxylic acids is 2. The molecule has 0 unspecified atom stereocenters. The molecule has 0 radical (unpaired) electrons. The second-order valence-electron chi connectivity index (χ2n) is 7.12. The van der Waals surface area contributed by atoms with Crippen molar-refractivity contribution < 1.29 is 14.3 Å². The van der Waals surface area contributed by atoms with E-state index in [1.54, 1.807) is 4.90 Å². The van der Waals surface area contributed by atoms with Crippen LogP contribution in [0.25, 0.3) is 0 Å². The summed E-state index contributed by atoms with van der Waals surface area (Å²) in [5, 5.41) is 3.15. The number of carbonyl (C=O) groups is 2. The first-order valence-corrected chi connectivity index (χ1v) is 9.08. The Morgan fingerprint density at radius 1 is 1.26 bits per heavy atom. The lowest BCUT2D eigenvalue weighted by atomic mass is 9.85. The number of hydrogen-bond donors (Lipinski definition) is 1. The molecular formula is C17H29N3O3. The summed E-state index contributed by atoms with van der Waals surface area (Å²) in [5.74, 6) is 0.0689. The summed E-state index contributed by atoms with van der Waals surface area (Å²) in [6, 6.07) is 0.216. The highest BCUT2D eigenvalue weighted by molar-refractivity contribution is 5.86. The summed E-state index contributed by atoms with van der Waals surface area (Å²) in [6.07, 6.45) is 7.41. The van der Waals surface area contributed by atoms with Crippen LogP contribution in [0.15, 0.2) is 0 Å².